The second kappa shape index (κ2) is 11.4. The minimum absolute atomic E-state index is 0.00732. The normalized spacial score (nSPS) is 15.7. The average Bonchev–Trinajstić information content (AvgIpc) is 3.15. The van der Waals surface area contributed by atoms with Gasteiger partial charge in [0, 0.05) is 38.1 Å². The van der Waals surface area contributed by atoms with Crippen LogP contribution < -0.4 is 21.7 Å². The number of nitrogens with two attached hydrogens (primary N) is 1. The molecule has 0 radical (unpaired) electrons. The zero-order valence-electron chi connectivity index (χ0n) is 20.4. The van der Waals surface area contributed by atoms with Crippen LogP contribution in [0, 0.1) is 5.41 Å². The highest BCUT2D eigenvalue weighted by atomic mass is 16.2. The van der Waals surface area contributed by atoms with Crippen LogP contribution >= 0.6 is 0 Å². The second-order valence-electron chi connectivity index (χ2n) is 9.77. The lowest BCUT2D eigenvalue weighted by atomic mass is 9.86. The first-order valence-corrected chi connectivity index (χ1v) is 11.9. The van der Waals surface area contributed by atoms with Crippen molar-refractivity contribution in [1.29, 1.82) is 0 Å². The lowest BCUT2D eigenvalue weighted by Crippen LogP contribution is -2.55. The first-order chi connectivity index (χ1) is 16.2. The van der Waals surface area contributed by atoms with Crippen LogP contribution in [0.15, 0.2) is 24.3 Å². The molecule has 0 aliphatic carbocycles. The maximum Gasteiger partial charge on any atom is 0.273 e. The Hall–Kier alpha value is -2.98. The van der Waals surface area contributed by atoms with Gasteiger partial charge in [0.05, 0.1) is 12.1 Å². The SMILES string of the molecule is CC(C)(C)C(NC(=O)c1nn(CCCCN)c2ccccc12)C(=O)NCCN1CCNC(=O)C1. The van der Waals surface area contributed by atoms with Gasteiger partial charge < -0.3 is 21.7 Å². The molecular formula is C24H37N7O3. The Labute approximate surface area is 200 Å². The summed E-state index contributed by atoms with van der Waals surface area (Å²) < 4.78 is 1.83. The van der Waals surface area contributed by atoms with Crippen molar-refractivity contribution in [3.63, 3.8) is 0 Å². The van der Waals surface area contributed by atoms with Crippen LogP contribution in [-0.4, -0.2) is 77.7 Å². The zero-order valence-corrected chi connectivity index (χ0v) is 20.4. The third-order valence-electron chi connectivity index (χ3n) is 5.95. The summed E-state index contributed by atoms with van der Waals surface area (Å²) in [5.74, 6) is -0.641. The van der Waals surface area contributed by atoms with Crippen molar-refractivity contribution in [3.8, 4) is 0 Å². The van der Waals surface area contributed by atoms with E-state index >= 15 is 0 Å². The Morgan fingerprint density at radius 2 is 1.97 bits per heavy atom. The number of hydrogen-bond donors (Lipinski definition) is 4. The van der Waals surface area contributed by atoms with Crippen molar-refractivity contribution in [3.05, 3.63) is 30.0 Å². The molecule has 0 spiro atoms. The van der Waals surface area contributed by atoms with E-state index < -0.39 is 11.5 Å². The molecular weight excluding hydrogens is 434 g/mol. The van der Waals surface area contributed by atoms with Gasteiger partial charge in [0.25, 0.3) is 5.91 Å². The molecule has 1 aromatic carbocycles. The monoisotopic (exact) mass is 471 g/mol. The minimum Gasteiger partial charge on any atom is -0.354 e. The first-order valence-electron chi connectivity index (χ1n) is 11.9. The molecule has 1 fully saturated rings. The fourth-order valence-electron chi connectivity index (χ4n) is 4.07. The predicted molar refractivity (Wildman–Crippen MR) is 131 cm³/mol. The Kier molecular flexibility index (Phi) is 8.62. The molecule has 1 aliphatic heterocycles. The number of unbranched alkanes of at least 4 members (excludes halogenated alkanes) is 1. The molecule has 1 saturated heterocycles. The van der Waals surface area contributed by atoms with Gasteiger partial charge in [0.15, 0.2) is 5.69 Å². The lowest BCUT2D eigenvalue weighted by molar-refractivity contribution is -0.125. The molecule has 2 aromatic rings. The Morgan fingerprint density at radius 1 is 1.21 bits per heavy atom. The van der Waals surface area contributed by atoms with Crippen LogP contribution in [0.5, 0.6) is 0 Å². The number of carbonyl (C=O) groups is 3. The smallest absolute Gasteiger partial charge is 0.273 e. The van der Waals surface area contributed by atoms with Crippen molar-refractivity contribution in [2.45, 2.75) is 46.2 Å². The lowest BCUT2D eigenvalue weighted by Gasteiger charge is -2.31. The highest BCUT2D eigenvalue weighted by Crippen LogP contribution is 2.22. The van der Waals surface area contributed by atoms with E-state index in [2.05, 4.69) is 21.0 Å². The number of piperazine rings is 1. The molecule has 2 heterocycles. The van der Waals surface area contributed by atoms with Gasteiger partial charge in [0.1, 0.15) is 6.04 Å². The average molecular weight is 472 g/mol. The third-order valence-corrected chi connectivity index (χ3v) is 5.95. The fourth-order valence-corrected chi connectivity index (χ4v) is 4.07. The molecule has 0 bridgehead atoms. The van der Waals surface area contributed by atoms with E-state index in [-0.39, 0.29) is 17.7 Å². The topological polar surface area (TPSA) is 134 Å². The Bertz CT molecular complexity index is 1010. The van der Waals surface area contributed by atoms with E-state index in [1.54, 1.807) is 0 Å². The number of amides is 3. The van der Waals surface area contributed by atoms with Crippen molar-refractivity contribution >= 4 is 28.6 Å². The van der Waals surface area contributed by atoms with E-state index in [1.807, 2.05) is 54.6 Å². The predicted octanol–water partition coefficient (Wildman–Crippen LogP) is 0.468. The van der Waals surface area contributed by atoms with Crippen LogP contribution in [0.1, 0.15) is 44.1 Å². The summed E-state index contributed by atoms with van der Waals surface area (Å²) >= 11 is 0. The van der Waals surface area contributed by atoms with Gasteiger partial charge in [-0.3, -0.25) is 24.0 Å². The molecule has 3 amide bonds. The highest BCUT2D eigenvalue weighted by molar-refractivity contribution is 6.06. The number of aryl methyl sites for hydroxylation is 1. The molecule has 5 N–H and O–H groups in total. The van der Waals surface area contributed by atoms with E-state index in [0.29, 0.717) is 45.0 Å². The van der Waals surface area contributed by atoms with E-state index in [0.717, 1.165) is 30.3 Å². The highest BCUT2D eigenvalue weighted by Gasteiger charge is 2.34. The number of fused-ring (bicyclic) bond motifs is 1. The molecule has 1 aromatic heterocycles. The van der Waals surface area contributed by atoms with Gasteiger partial charge in [-0.2, -0.15) is 5.10 Å². The number of para-hydroxylation sites is 1. The quantitative estimate of drug-likeness (QED) is 0.372. The second-order valence-corrected chi connectivity index (χ2v) is 9.77. The van der Waals surface area contributed by atoms with Gasteiger partial charge in [-0.25, -0.2) is 0 Å². The maximum absolute atomic E-state index is 13.3. The standard InChI is InChI=1S/C24H37N7O3/c1-24(2,3)21(23(34)27-12-15-30-14-11-26-19(32)16-30)28-22(33)20-17-8-4-5-9-18(17)31(29-20)13-7-6-10-25/h4-5,8-9,21H,6-7,10-16,25H2,1-3H3,(H,26,32)(H,27,34)(H,28,33). The molecule has 1 unspecified atom stereocenters. The Morgan fingerprint density at radius 3 is 2.68 bits per heavy atom. The summed E-state index contributed by atoms with van der Waals surface area (Å²) in [6.45, 7) is 9.68. The van der Waals surface area contributed by atoms with Gasteiger partial charge in [-0.1, -0.05) is 39.0 Å². The summed E-state index contributed by atoms with van der Waals surface area (Å²) in [4.78, 5) is 39.9. The van der Waals surface area contributed by atoms with Gasteiger partial charge in [-0.05, 0) is 30.9 Å². The largest absolute Gasteiger partial charge is 0.354 e. The molecule has 186 valence electrons. The molecule has 0 saturated carbocycles. The summed E-state index contributed by atoms with van der Waals surface area (Å²) in [6.07, 6.45) is 1.75. The van der Waals surface area contributed by atoms with Crippen LogP contribution in [-0.2, 0) is 16.1 Å². The van der Waals surface area contributed by atoms with Crippen molar-refractivity contribution in [2.24, 2.45) is 11.1 Å². The van der Waals surface area contributed by atoms with Crippen LogP contribution in [0.3, 0.4) is 0 Å². The van der Waals surface area contributed by atoms with Gasteiger partial charge >= 0.3 is 0 Å². The first kappa shape index (κ1) is 25.6. The Balaban J connectivity index is 1.69. The number of nitrogens with zero attached hydrogens (tertiary/aromatic N) is 3. The van der Waals surface area contributed by atoms with E-state index in [4.69, 9.17) is 5.73 Å². The van der Waals surface area contributed by atoms with Crippen molar-refractivity contribution < 1.29 is 14.4 Å². The summed E-state index contributed by atoms with van der Waals surface area (Å²) in [5.41, 5.74) is 6.30. The number of carbonyl (C=O) groups excluding carboxylic acids is 3. The fraction of sp³-hybridized carbons (Fsp3) is 0.583. The maximum atomic E-state index is 13.3. The van der Waals surface area contributed by atoms with Gasteiger partial charge in [0.2, 0.25) is 11.8 Å². The molecule has 3 rings (SSSR count). The summed E-state index contributed by atoms with van der Waals surface area (Å²) in [6, 6.07) is 6.86. The zero-order chi connectivity index (χ0) is 24.7. The molecule has 10 heteroatoms. The van der Waals surface area contributed by atoms with E-state index in [9.17, 15) is 14.4 Å². The minimum atomic E-state index is -0.745. The number of benzene rings is 1. The van der Waals surface area contributed by atoms with Crippen molar-refractivity contribution in [1.82, 2.24) is 30.6 Å². The summed E-state index contributed by atoms with van der Waals surface area (Å²) in [5, 5.41) is 14.0. The number of hydrogen-bond acceptors (Lipinski definition) is 6. The van der Waals surface area contributed by atoms with Crippen molar-refractivity contribution in [2.75, 3.05) is 39.3 Å². The molecule has 10 nitrogen and oxygen atoms in total. The molecule has 1 aliphatic rings. The van der Waals surface area contributed by atoms with Crippen LogP contribution in [0.2, 0.25) is 0 Å². The number of rotatable bonds is 10. The third kappa shape index (κ3) is 6.54. The summed E-state index contributed by atoms with van der Waals surface area (Å²) in [7, 11) is 0. The molecule has 1 atom stereocenters. The van der Waals surface area contributed by atoms with Gasteiger partial charge in [-0.15, -0.1) is 0 Å². The molecule has 34 heavy (non-hydrogen) atoms. The number of aromatic nitrogens is 2. The van der Waals surface area contributed by atoms with Crippen LogP contribution in [0.25, 0.3) is 10.9 Å². The number of nitrogens with one attached hydrogen (secondary N) is 3. The van der Waals surface area contributed by atoms with E-state index in [1.165, 1.54) is 0 Å². The van der Waals surface area contributed by atoms with Crippen LogP contribution in [0.4, 0.5) is 0 Å².